The van der Waals surface area contributed by atoms with Gasteiger partial charge in [0.1, 0.15) is 11.5 Å². The molecule has 0 aliphatic carbocycles. The number of anilines is 1. The summed E-state index contributed by atoms with van der Waals surface area (Å²) >= 11 is 6.01. The maximum Gasteiger partial charge on any atom is 0.141 e. The molecule has 0 amide bonds. The molecule has 2 aromatic carbocycles. The summed E-state index contributed by atoms with van der Waals surface area (Å²) in [6, 6.07) is 12.3. The molecule has 1 aliphatic heterocycles. The largest absolute Gasteiger partial charge is 0.496 e. The Balaban J connectivity index is 1.75. The molecule has 1 aromatic heterocycles. The number of nitrogens with zero attached hydrogens (tertiary/aromatic N) is 2. The highest BCUT2D eigenvalue weighted by Gasteiger charge is 2.21. The summed E-state index contributed by atoms with van der Waals surface area (Å²) in [6.07, 6.45) is 4.34. The van der Waals surface area contributed by atoms with Gasteiger partial charge in [-0.3, -0.25) is 0 Å². The van der Waals surface area contributed by atoms with Gasteiger partial charge >= 0.3 is 0 Å². The molecular formula is C22H21ClN2O2. The molecule has 27 heavy (non-hydrogen) atoms. The first-order valence-electron chi connectivity index (χ1n) is 8.88. The Bertz CT molecular complexity index is 986. The minimum atomic E-state index is 0.753. The molecule has 0 unspecified atom stereocenters. The molecular weight excluding hydrogens is 360 g/mol. The van der Waals surface area contributed by atoms with Crippen molar-refractivity contribution in [1.29, 1.82) is 0 Å². The zero-order valence-corrected chi connectivity index (χ0v) is 16.4. The van der Waals surface area contributed by atoms with Gasteiger partial charge in [-0.15, -0.1) is 0 Å². The maximum absolute atomic E-state index is 6.01. The Morgan fingerprint density at radius 3 is 2.63 bits per heavy atom. The molecule has 2 heterocycles. The van der Waals surface area contributed by atoms with Crippen molar-refractivity contribution in [2.24, 2.45) is 0 Å². The lowest BCUT2D eigenvalue weighted by Gasteiger charge is -2.29. The highest BCUT2D eigenvalue weighted by atomic mass is 35.5. The van der Waals surface area contributed by atoms with Crippen molar-refractivity contribution in [3.63, 3.8) is 0 Å². The van der Waals surface area contributed by atoms with Crippen molar-refractivity contribution >= 4 is 23.4 Å². The van der Waals surface area contributed by atoms with E-state index in [0.29, 0.717) is 0 Å². The average molecular weight is 381 g/mol. The van der Waals surface area contributed by atoms with Crippen LogP contribution in [0.3, 0.4) is 0 Å². The van der Waals surface area contributed by atoms with Gasteiger partial charge in [0, 0.05) is 35.4 Å². The lowest BCUT2D eigenvalue weighted by molar-refractivity contribution is 0.393. The van der Waals surface area contributed by atoms with E-state index in [1.54, 1.807) is 7.11 Å². The second kappa shape index (κ2) is 7.12. The van der Waals surface area contributed by atoms with E-state index < -0.39 is 0 Å². The van der Waals surface area contributed by atoms with Crippen molar-refractivity contribution in [2.75, 3.05) is 18.6 Å². The molecule has 0 atom stereocenters. The lowest BCUT2D eigenvalue weighted by atomic mass is 9.97. The molecule has 4 rings (SSSR count). The molecule has 0 bridgehead atoms. The van der Waals surface area contributed by atoms with Gasteiger partial charge in [-0.1, -0.05) is 41.0 Å². The first-order valence-corrected chi connectivity index (χ1v) is 9.26. The molecule has 0 spiro atoms. The third-order valence-electron chi connectivity index (χ3n) is 4.90. The Morgan fingerprint density at radius 1 is 1.19 bits per heavy atom. The summed E-state index contributed by atoms with van der Waals surface area (Å²) in [5.74, 6) is 1.61. The summed E-state index contributed by atoms with van der Waals surface area (Å²) in [6.45, 7) is 5.54. The lowest BCUT2D eigenvalue weighted by Crippen LogP contribution is -2.25. The number of aromatic nitrogens is 1. The standard InChI is InChI=1S/C22H21ClN2O2/c1-14-22(15(2)27-24-14)19-11-17-5-4-10-25(20(17)12-21(19)26-3)13-16-6-8-18(23)9-7-16/h4-9,11-12H,10,13H2,1-3H3. The zero-order chi connectivity index (χ0) is 19.0. The fourth-order valence-electron chi connectivity index (χ4n) is 3.59. The van der Waals surface area contributed by atoms with Crippen LogP contribution in [-0.4, -0.2) is 18.8 Å². The van der Waals surface area contributed by atoms with Gasteiger partial charge in [-0.2, -0.15) is 0 Å². The number of rotatable bonds is 4. The quantitative estimate of drug-likeness (QED) is 0.585. The summed E-state index contributed by atoms with van der Waals surface area (Å²) in [5.41, 5.74) is 6.40. The van der Waals surface area contributed by atoms with Crippen LogP contribution in [0.5, 0.6) is 5.75 Å². The molecule has 0 N–H and O–H groups in total. The number of benzene rings is 2. The predicted octanol–water partition coefficient (Wildman–Crippen LogP) is 5.65. The topological polar surface area (TPSA) is 38.5 Å². The first-order chi connectivity index (χ1) is 13.1. The molecule has 5 heteroatoms. The number of fused-ring (bicyclic) bond motifs is 1. The number of ether oxygens (including phenoxy) is 1. The molecule has 0 saturated heterocycles. The van der Waals surface area contributed by atoms with Gasteiger partial charge in [-0.05, 0) is 43.2 Å². The Kier molecular flexibility index (Phi) is 4.66. The number of methoxy groups -OCH3 is 1. The smallest absolute Gasteiger partial charge is 0.141 e. The molecule has 4 nitrogen and oxygen atoms in total. The van der Waals surface area contributed by atoms with Crippen LogP contribution < -0.4 is 9.64 Å². The number of hydrogen-bond acceptors (Lipinski definition) is 4. The van der Waals surface area contributed by atoms with Crippen molar-refractivity contribution in [1.82, 2.24) is 5.16 Å². The second-order valence-corrected chi connectivity index (χ2v) is 7.16. The van der Waals surface area contributed by atoms with E-state index in [1.165, 1.54) is 5.56 Å². The average Bonchev–Trinajstić information content (AvgIpc) is 3.01. The van der Waals surface area contributed by atoms with E-state index in [1.807, 2.05) is 26.0 Å². The predicted molar refractivity (Wildman–Crippen MR) is 110 cm³/mol. The van der Waals surface area contributed by atoms with E-state index in [-0.39, 0.29) is 0 Å². The van der Waals surface area contributed by atoms with Crippen LogP contribution in [-0.2, 0) is 6.54 Å². The van der Waals surface area contributed by atoms with E-state index in [0.717, 1.165) is 57.7 Å². The van der Waals surface area contributed by atoms with Crippen molar-refractivity contribution in [3.8, 4) is 16.9 Å². The fraction of sp³-hybridized carbons (Fsp3) is 0.227. The van der Waals surface area contributed by atoms with E-state index >= 15 is 0 Å². The number of aryl methyl sites for hydroxylation is 2. The Morgan fingerprint density at radius 2 is 1.96 bits per heavy atom. The van der Waals surface area contributed by atoms with Crippen molar-refractivity contribution in [2.45, 2.75) is 20.4 Å². The van der Waals surface area contributed by atoms with Crippen molar-refractivity contribution in [3.05, 3.63) is 70.1 Å². The van der Waals surface area contributed by atoms with Gasteiger partial charge in [0.25, 0.3) is 0 Å². The van der Waals surface area contributed by atoms with Gasteiger partial charge in [0.2, 0.25) is 0 Å². The van der Waals surface area contributed by atoms with E-state index in [2.05, 4.69) is 46.5 Å². The first kappa shape index (κ1) is 17.7. The second-order valence-electron chi connectivity index (χ2n) is 6.72. The summed E-state index contributed by atoms with van der Waals surface area (Å²) < 4.78 is 11.1. The van der Waals surface area contributed by atoms with Crippen LogP contribution >= 0.6 is 11.6 Å². The minimum absolute atomic E-state index is 0.753. The van der Waals surface area contributed by atoms with Gasteiger partial charge in [-0.25, -0.2) is 0 Å². The highest BCUT2D eigenvalue weighted by molar-refractivity contribution is 6.30. The van der Waals surface area contributed by atoms with Gasteiger partial charge in [0.15, 0.2) is 0 Å². The minimum Gasteiger partial charge on any atom is -0.496 e. The van der Waals surface area contributed by atoms with Gasteiger partial charge in [0.05, 0.1) is 18.4 Å². The summed E-state index contributed by atoms with van der Waals surface area (Å²) in [4.78, 5) is 2.33. The van der Waals surface area contributed by atoms with Crippen LogP contribution in [0.2, 0.25) is 5.02 Å². The van der Waals surface area contributed by atoms with Crippen LogP contribution in [0.4, 0.5) is 5.69 Å². The zero-order valence-electron chi connectivity index (χ0n) is 15.6. The molecule has 0 fully saturated rings. The summed E-state index contributed by atoms with van der Waals surface area (Å²) in [5, 5.41) is 4.84. The Hall–Kier alpha value is -2.72. The van der Waals surface area contributed by atoms with Crippen LogP contribution in [0.15, 0.2) is 47.0 Å². The fourth-order valence-corrected chi connectivity index (χ4v) is 3.72. The van der Waals surface area contributed by atoms with Crippen LogP contribution in [0, 0.1) is 13.8 Å². The van der Waals surface area contributed by atoms with E-state index in [4.69, 9.17) is 20.9 Å². The maximum atomic E-state index is 6.01. The Labute approximate surface area is 164 Å². The molecule has 138 valence electrons. The summed E-state index contributed by atoms with van der Waals surface area (Å²) in [7, 11) is 1.70. The number of hydrogen-bond donors (Lipinski definition) is 0. The van der Waals surface area contributed by atoms with Gasteiger partial charge < -0.3 is 14.2 Å². The highest BCUT2D eigenvalue weighted by Crippen LogP contribution is 2.41. The van der Waals surface area contributed by atoms with Crippen LogP contribution in [0.1, 0.15) is 22.6 Å². The normalized spacial score (nSPS) is 13.0. The van der Waals surface area contributed by atoms with Crippen molar-refractivity contribution < 1.29 is 9.26 Å². The SMILES string of the molecule is COc1cc2c(cc1-c1c(C)noc1C)C=CCN2Cc1ccc(Cl)cc1. The molecule has 1 aliphatic rings. The molecule has 0 saturated carbocycles. The monoisotopic (exact) mass is 380 g/mol. The van der Waals surface area contributed by atoms with Crippen LogP contribution in [0.25, 0.3) is 17.2 Å². The number of halogens is 1. The third kappa shape index (κ3) is 3.33. The van der Waals surface area contributed by atoms with E-state index in [9.17, 15) is 0 Å². The molecule has 0 radical (unpaired) electrons. The molecule has 3 aromatic rings. The third-order valence-corrected chi connectivity index (χ3v) is 5.15.